The molecule has 0 spiro atoms. The Balaban J connectivity index is 2.50. The van der Waals surface area contributed by atoms with Crippen LogP contribution < -0.4 is 0 Å². The van der Waals surface area contributed by atoms with Gasteiger partial charge in [0.1, 0.15) is 24.4 Å². The van der Waals surface area contributed by atoms with E-state index in [0.29, 0.717) is 6.42 Å². The standard InChI is InChI=1S/C11H18O6/c1-2-3-4-5-16-11-10(15)9(14)8(13)7(6-12)17-11/h3,7-15H,1,4-6H2/t7-,8-,9+,10+,11+/m1/s1. The van der Waals surface area contributed by atoms with Crippen molar-refractivity contribution in [1.29, 1.82) is 0 Å². The molecular weight excluding hydrogens is 228 g/mol. The van der Waals surface area contributed by atoms with Crippen molar-refractivity contribution in [3.05, 3.63) is 18.4 Å². The zero-order chi connectivity index (χ0) is 12.8. The maximum atomic E-state index is 9.60. The Bertz CT molecular complexity index is 273. The molecule has 1 fully saturated rings. The summed E-state index contributed by atoms with van der Waals surface area (Å²) in [6.07, 6.45) is -3.91. The van der Waals surface area contributed by atoms with Gasteiger partial charge in [-0.1, -0.05) is 6.58 Å². The Morgan fingerprint density at radius 3 is 2.53 bits per heavy atom. The Morgan fingerprint density at radius 2 is 1.94 bits per heavy atom. The Morgan fingerprint density at radius 1 is 1.24 bits per heavy atom. The number of aliphatic hydroxyl groups is 4. The van der Waals surface area contributed by atoms with E-state index >= 15 is 0 Å². The highest BCUT2D eigenvalue weighted by Gasteiger charge is 2.43. The average Bonchev–Trinajstić information content (AvgIpc) is 2.34. The molecule has 6 nitrogen and oxygen atoms in total. The number of aliphatic hydroxyl groups excluding tert-OH is 4. The van der Waals surface area contributed by atoms with Crippen LogP contribution in [0, 0.1) is 0 Å². The van der Waals surface area contributed by atoms with Crippen molar-refractivity contribution >= 4 is 0 Å². The molecule has 0 aliphatic carbocycles. The van der Waals surface area contributed by atoms with Crippen LogP contribution in [0.15, 0.2) is 18.4 Å². The summed E-state index contributed by atoms with van der Waals surface area (Å²) in [6, 6.07) is 0. The second-order valence-electron chi connectivity index (χ2n) is 3.76. The molecule has 98 valence electrons. The number of hydrogen-bond acceptors (Lipinski definition) is 6. The first-order chi connectivity index (χ1) is 8.11. The van der Waals surface area contributed by atoms with Gasteiger partial charge in [-0.3, -0.25) is 0 Å². The van der Waals surface area contributed by atoms with Crippen molar-refractivity contribution in [3.8, 4) is 0 Å². The summed E-state index contributed by atoms with van der Waals surface area (Å²) >= 11 is 0. The summed E-state index contributed by atoms with van der Waals surface area (Å²) in [5, 5.41) is 37.5. The van der Waals surface area contributed by atoms with Gasteiger partial charge in [0.25, 0.3) is 0 Å². The highest BCUT2D eigenvalue weighted by molar-refractivity contribution is 4.89. The maximum absolute atomic E-state index is 9.60. The van der Waals surface area contributed by atoms with Crippen LogP contribution in [-0.4, -0.2) is 64.3 Å². The molecule has 17 heavy (non-hydrogen) atoms. The van der Waals surface area contributed by atoms with Gasteiger partial charge in [-0.05, 0) is 12.5 Å². The molecule has 0 saturated carbocycles. The van der Waals surface area contributed by atoms with Crippen molar-refractivity contribution in [2.75, 3.05) is 13.2 Å². The first kappa shape index (κ1) is 14.3. The summed E-state index contributed by atoms with van der Waals surface area (Å²) in [5.74, 6) is 0. The molecule has 0 radical (unpaired) electrons. The van der Waals surface area contributed by atoms with Crippen LogP contribution in [0.1, 0.15) is 6.42 Å². The highest BCUT2D eigenvalue weighted by Crippen LogP contribution is 2.21. The lowest BCUT2D eigenvalue weighted by Crippen LogP contribution is -2.59. The van der Waals surface area contributed by atoms with Gasteiger partial charge in [-0.2, -0.15) is 0 Å². The van der Waals surface area contributed by atoms with E-state index in [1.54, 1.807) is 6.08 Å². The summed E-state index contributed by atoms with van der Waals surface area (Å²) in [6.45, 7) is 3.18. The van der Waals surface area contributed by atoms with Crippen LogP contribution in [0.5, 0.6) is 0 Å². The van der Waals surface area contributed by atoms with E-state index in [1.807, 2.05) is 0 Å². The smallest absolute Gasteiger partial charge is 0.186 e. The Labute approximate surface area is 99.4 Å². The highest BCUT2D eigenvalue weighted by atomic mass is 16.7. The van der Waals surface area contributed by atoms with E-state index in [1.165, 1.54) is 0 Å². The van der Waals surface area contributed by atoms with E-state index in [2.05, 4.69) is 12.3 Å². The Hall–Kier alpha value is -0.720. The van der Waals surface area contributed by atoms with Crippen LogP contribution in [0.25, 0.3) is 0 Å². The van der Waals surface area contributed by atoms with Crippen molar-refractivity contribution < 1.29 is 29.9 Å². The zero-order valence-electron chi connectivity index (χ0n) is 9.40. The van der Waals surface area contributed by atoms with Crippen molar-refractivity contribution in [1.82, 2.24) is 0 Å². The first-order valence-corrected chi connectivity index (χ1v) is 5.38. The molecule has 0 unspecified atom stereocenters. The van der Waals surface area contributed by atoms with Gasteiger partial charge in [0, 0.05) is 0 Å². The van der Waals surface area contributed by atoms with Gasteiger partial charge in [0.2, 0.25) is 0 Å². The molecule has 1 saturated heterocycles. The normalized spacial score (nSPS) is 37.5. The molecular formula is C11H18O6. The predicted molar refractivity (Wildman–Crippen MR) is 58.0 cm³/mol. The summed E-state index contributed by atoms with van der Waals surface area (Å²) in [7, 11) is 0. The summed E-state index contributed by atoms with van der Waals surface area (Å²) in [5.41, 5.74) is 2.56. The lowest BCUT2D eigenvalue weighted by molar-refractivity contribution is -0.300. The third-order valence-corrected chi connectivity index (χ3v) is 2.54. The minimum atomic E-state index is -1.40. The lowest BCUT2D eigenvalue weighted by atomic mass is 9.99. The van der Waals surface area contributed by atoms with Crippen LogP contribution in [0.2, 0.25) is 0 Å². The monoisotopic (exact) mass is 246 g/mol. The fraction of sp³-hybridized carbons (Fsp3) is 0.727. The number of hydrogen-bond donors (Lipinski definition) is 4. The topological polar surface area (TPSA) is 99.4 Å². The first-order valence-electron chi connectivity index (χ1n) is 5.38. The van der Waals surface area contributed by atoms with E-state index in [9.17, 15) is 15.3 Å². The zero-order valence-corrected chi connectivity index (χ0v) is 9.40. The second kappa shape index (κ2) is 6.88. The van der Waals surface area contributed by atoms with Crippen molar-refractivity contribution in [2.24, 2.45) is 0 Å². The molecule has 6 heteroatoms. The third-order valence-electron chi connectivity index (χ3n) is 2.54. The van der Waals surface area contributed by atoms with Gasteiger partial charge in [-0.25, -0.2) is 0 Å². The molecule has 1 aliphatic rings. The quantitative estimate of drug-likeness (QED) is 0.349. The minimum Gasteiger partial charge on any atom is -0.394 e. The molecule has 0 aromatic rings. The molecule has 1 rings (SSSR count). The fourth-order valence-electron chi connectivity index (χ4n) is 1.55. The van der Waals surface area contributed by atoms with Crippen molar-refractivity contribution in [3.63, 3.8) is 0 Å². The molecule has 1 aliphatic heterocycles. The third kappa shape index (κ3) is 3.62. The summed E-state index contributed by atoms with van der Waals surface area (Å²) < 4.78 is 10.3. The average molecular weight is 246 g/mol. The predicted octanol–water partition coefficient (Wildman–Crippen LogP) is -1.47. The van der Waals surface area contributed by atoms with Gasteiger partial charge in [-0.15, -0.1) is 5.73 Å². The molecule has 4 N–H and O–H groups in total. The molecule has 0 bridgehead atoms. The Kier molecular flexibility index (Phi) is 5.80. The van der Waals surface area contributed by atoms with Crippen LogP contribution in [0.3, 0.4) is 0 Å². The van der Waals surface area contributed by atoms with Gasteiger partial charge >= 0.3 is 0 Å². The molecule has 0 aromatic heterocycles. The van der Waals surface area contributed by atoms with Crippen LogP contribution in [-0.2, 0) is 9.47 Å². The van der Waals surface area contributed by atoms with E-state index in [4.69, 9.17) is 14.6 Å². The molecule has 0 aromatic carbocycles. The molecule has 0 amide bonds. The van der Waals surface area contributed by atoms with Crippen molar-refractivity contribution in [2.45, 2.75) is 37.1 Å². The van der Waals surface area contributed by atoms with E-state index < -0.39 is 37.3 Å². The molecule has 5 atom stereocenters. The van der Waals surface area contributed by atoms with Gasteiger partial charge in [0.05, 0.1) is 13.2 Å². The summed E-state index contributed by atoms with van der Waals surface area (Å²) in [4.78, 5) is 0. The maximum Gasteiger partial charge on any atom is 0.186 e. The van der Waals surface area contributed by atoms with Crippen LogP contribution in [0.4, 0.5) is 0 Å². The van der Waals surface area contributed by atoms with E-state index in [0.717, 1.165) is 0 Å². The van der Waals surface area contributed by atoms with E-state index in [-0.39, 0.29) is 6.61 Å². The van der Waals surface area contributed by atoms with Gasteiger partial charge < -0.3 is 29.9 Å². The van der Waals surface area contributed by atoms with Gasteiger partial charge in [0.15, 0.2) is 6.29 Å². The van der Waals surface area contributed by atoms with Crippen LogP contribution >= 0.6 is 0 Å². The largest absolute Gasteiger partial charge is 0.394 e. The SMILES string of the molecule is C=C=CCCO[C@H]1O[C@H](CO)[C@@H](O)[C@H](O)[C@@H]1O. The lowest BCUT2D eigenvalue weighted by Gasteiger charge is -2.39. The number of rotatable bonds is 5. The fourth-order valence-corrected chi connectivity index (χ4v) is 1.55. The molecule has 1 heterocycles. The number of ether oxygens (including phenoxy) is 2. The minimum absolute atomic E-state index is 0.255. The second-order valence-corrected chi connectivity index (χ2v) is 3.76.